The number of nitrogens with two attached hydrogens (primary N) is 1. The molecule has 3 aromatic rings. The summed E-state index contributed by atoms with van der Waals surface area (Å²) in [5.41, 5.74) is 6.50. The average molecular weight is 270 g/mol. The van der Waals surface area contributed by atoms with E-state index in [2.05, 4.69) is 25.3 Å². The van der Waals surface area contributed by atoms with Gasteiger partial charge in [0.2, 0.25) is 11.8 Å². The molecule has 1 unspecified atom stereocenters. The molecule has 1 aliphatic rings. The number of ether oxygens (including phenoxy) is 1. The standard InChI is InChI=1S/C12H10N6O2/c13-12-15-10(16-17-12)11-14-9(18-20-11)7-5-19-8-4-2-1-3-6(7)8/h1-4,7H,5H2,(H3,13,15,16,17). The van der Waals surface area contributed by atoms with Gasteiger partial charge in [0.15, 0.2) is 5.82 Å². The molecule has 3 N–H and O–H groups in total. The molecule has 1 aliphatic heterocycles. The lowest BCUT2D eigenvalue weighted by molar-refractivity contribution is 0.334. The predicted octanol–water partition coefficient (Wildman–Crippen LogP) is 0.961. The number of benzene rings is 1. The van der Waals surface area contributed by atoms with Crippen molar-refractivity contribution in [3.8, 4) is 17.5 Å². The van der Waals surface area contributed by atoms with Crippen molar-refractivity contribution in [3.05, 3.63) is 35.7 Å². The van der Waals surface area contributed by atoms with Crippen molar-refractivity contribution in [1.29, 1.82) is 0 Å². The molecule has 1 aromatic carbocycles. The first-order valence-electron chi connectivity index (χ1n) is 6.05. The Morgan fingerprint density at radius 2 is 2.15 bits per heavy atom. The molecule has 0 saturated carbocycles. The van der Waals surface area contributed by atoms with E-state index in [4.69, 9.17) is 15.0 Å². The van der Waals surface area contributed by atoms with Gasteiger partial charge >= 0.3 is 0 Å². The second kappa shape index (κ2) is 4.05. The van der Waals surface area contributed by atoms with Gasteiger partial charge in [0, 0.05) is 5.56 Å². The second-order valence-corrected chi connectivity index (χ2v) is 4.40. The highest BCUT2D eigenvalue weighted by Gasteiger charge is 2.29. The summed E-state index contributed by atoms with van der Waals surface area (Å²) >= 11 is 0. The van der Waals surface area contributed by atoms with Crippen LogP contribution in [-0.4, -0.2) is 31.9 Å². The van der Waals surface area contributed by atoms with E-state index in [1.54, 1.807) is 0 Å². The fourth-order valence-corrected chi connectivity index (χ4v) is 2.22. The van der Waals surface area contributed by atoms with Gasteiger partial charge in [-0.25, -0.2) is 0 Å². The molecule has 8 heteroatoms. The first-order valence-corrected chi connectivity index (χ1v) is 6.05. The van der Waals surface area contributed by atoms with E-state index in [0.717, 1.165) is 11.3 Å². The molecule has 3 heterocycles. The monoisotopic (exact) mass is 270 g/mol. The number of aromatic nitrogens is 5. The maximum absolute atomic E-state index is 5.61. The molecule has 100 valence electrons. The van der Waals surface area contributed by atoms with Crippen molar-refractivity contribution in [2.75, 3.05) is 12.3 Å². The first kappa shape index (κ1) is 11.0. The molecular formula is C12H10N6O2. The van der Waals surface area contributed by atoms with E-state index in [9.17, 15) is 0 Å². The van der Waals surface area contributed by atoms with Gasteiger partial charge < -0.3 is 15.0 Å². The van der Waals surface area contributed by atoms with Crippen LogP contribution in [0, 0.1) is 0 Å². The van der Waals surface area contributed by atoms with E-state index in [1.165, 1.54) is 0 Å². The Hall–Kier alpha value is -2.90. The summed E-state index contributed by atoms with van der Waals surface area (Å²) in [6.45, 7) is 0.497. The van der Waals surface area contributed by atoms with Crippen molar-refractivity contribution < 1.29 is 9.26 Å². The van der Waals surface area contributed by atoms with Crippen molar-refractivity contribution in [2.24, 2.45) is 0 Å². The van der Waals surface area contributed by atoms with Crippen molar-refractivity contribution in [1.82, 2.24) is 25.3 Å². The molecule has 0 aliphatic carbocycles. The molecule has 4 rings (SSSR count). The van der Waals surface area contributed by atoms with Gasteiger partial charge in [-0.3, -0.25) is 5.10 Å². The Morgan fingerprint density at radius 3 is 3.00 bits per heavy atom. The zero-order valence-corrected chi connectivity index (χ0v) is 10.3. The van der Waals surface area contributed by atoms with Crippen LogP contribution in [0.5, 0.6) is 5.75 Å². The molecule has 0 bridgehead atoms. The quantitative estimate of drug-likeness (QED) is 0.712. The van der Waals surface area contributed by atoms with Crippen molar-refractivity contribution >= 4 is 5.95 Å². The predicted molar refractivity (Wildman–Crippen MR) is 67.9 cm³/mol. The van der Waals surface area contributed by atoms with Crippen LogP contribution in [0.25, 0.3) is 11.7 Å². The van der Waals surface area contributed by atoms with Crippen LogP contribution in [0.1, 0.15) is 17.3 Å². The summed E-state index contributed by atoms with van der Waals surface area (Å²) in [6, 6.07) is 7.81. The second-order valence-electron chi connectivity index (χ2n) is 4.40. The fraction of sp³-hybridized carbons (Fsp3) is 0.167. The number of rotatable bonds is 2. The van der Waals surface area contributed by atoms with Crippen LogP contribution in [0.15, 0.2) is 28.8 Å². The van der Waals surface area contributed by atoms with Gasteiger partial charge in [-0.1, -0.05) is 23.4 Å². The minimum absolute atomic E-state index is 0.0380. The number of aromatic amines is 1. The normalized spacial score (nSPS) is 16.9. The highest BCUT2D eigenvalue weighted by Crippen LogP contribution is 2.36. The van der Waals surface area contributed by atoms with Crippen LogP contribution in [0.2, 0.25) is 0 Å². The minimum atomic E-state index is -0.0380. The van der Waals surface area contributed by atoms with E-state index >= 15 is 0 Å². The third-order valence-corrected chi connectivity index (χ3v) is 3.16. The molecule has 2 aromatic heterocycles. The Morgan fingerprint density at radius 1 is 1.25 bits per heavy atom. The molecular weight excluding hydrogens is 260 g/mol. The number of nitrogens with one attached hydrogen (secondary N) is 1. The molecule has 0 fully saturated rings. The smallest absolute Gasteiger partial charge is 0.295 e. The lowest BCUT2D eigenvalue weighted by Gasteiger charge is -2.01. The fourth-order valence-electron chi connectivity index (χ4n) is 2.22. The van der Waals surface area contributed by atoms with E-state index < -0.39 is 0 Å². The first-order chi connectivity index (χ1) is 9.81. The van der Waals surface area contributed by atoms with Crippen LogP contribution in [0.4, 0.5) is 5.95 Å². The SMILES string of the molecule is Nc1n[nH]c(-c2nc(C3COc4ccccc43)no2)n1. The largest absolute Gasteiger partial charge is 0.492 e. The Bertz CT molecular complexity index is 765. The number of H-pyrrole nitrogens is 1. The average Bonchev–Trinajstić information content (AvgIpc) is 3.15. The third kappa shape index (κ3) is 1.62. The molecule has 0 radical (unpaired) electrons. The lowest BCUT2D eigenvalue weighted by Crippen LogP contribution is -2.04. The number of hydrogen-bond donors (Lipinski definition) is 2. The molecule has 0 amide bonds. The van der Waals surface area contributed by atoms with E-state index in [0.29, 0.717) is 18.3 Å². The Labute approximate surface area is 113 Å². The number of anilines is 1. The van der Waals surface area contributed by atoms with Gasteiger partial charge in [0.05, 0.1) is 5.92 Å². The number of nitrogens with zero attached hydrogens (tertiary/aromatic N) is 4. The van der Waals surface area contributed by atoms with Crippen molar-refractivity contribution in [2.45, 2.75) is 5.92 Å². The summed E-state index contributed by atoms with van der Waals surface area (Å²) < 4.78 is 10.8. The summed E-state index contributed by atoms with van der Waals surface area (Å²) in [5.74, 6) is 2.12. The van der Waals surface area contributed by atoms with Gasteiger partial charge in [-0.05, 0) is 6.07 Å². The maximum atomic E-state index is 5.61. The number of fused-ring (bicyclic) bond motifs is 1. The van der Waals surface area contributed by atoms with Crippen molar-refractivity contribution in [3.63, 3.8) is 0 Å². The highest BCUT2D eigenvalue weighted by molar-refractivity contribution is 5.45. The van der Waals surface area contributed by atoms with E-state index in [1.807, 2.05) is 24.3 Å². The zero-order valence-electron chi connectivity index (χ0n) is 10.3. The molecule has 20 heavy (non-hydrogen) atoms. The molecule has 1 atom stereocenters. The highest BCUT2D eigenvalue weighted by atomic mass is 16.5. The topological polar surface area (TPSA) is 116 Å². The van der Waals surface area contributed by atoms with Gasteiger partial charge in [0.1, 0.15) is 12.4 Å². The summed E-state index contributed by atoms with van der Waals surface area (Å²) in [7, 11) is 0. The third-order valence-electron chi connectivity index (χ3n) is 3.16. The number of nitrogen functional groups attached to an aromatic ring is 1. The van der Waals surface area contributed by atoms with Gasteiger partial charge in [-0.2, -0.15) is 9.97 Å². The minimum Gasteiger partial charge on any atom is -0.492 e. The van der Waals surface area contributed by atoms with Gasteiger partial charge in [0.25, 0.3) is 5.89 Å². The zero-order chi connectivity index (χ0) is 13.5. The van der Waals surface area contributed by atoms with Crippen LogP contribution in [-0.2, 0) is 0 Å². The van der Waals surface area contributed by atoms with Gasteiger partial charge in [-0.15, -0.1) is 5.10 Å². The summed E-state index contributed by atoms with van der Waals surface area (Å²) in [4.78, 5) is 8.28. The van der Waals surface area contributed by atoms with Crippen LogP contribution >= 0.6 is 0 Å². The molecule has 8 nitrogen and oxygen atoms in total. The van der Waals surface area contributed by atoms with Crippen LogP contribution < -0.4 is 10.5 Å². The number of para-hydroxylation sites is 1. The Balaban J connectivity index is 1.70. The summed E-state index contributed by atoms with van der Waals surface area (Å²) in [6.07, 6.45) is 0. The number of hydrogen-bond acceptors (Lipinski definition) is 7. The van der Waals surface area contributed by atoms with Crippen LogP contribution in [0.3, 0.4) is 0 Å². The molecule has 0 saturated heterocycles. The lowest BCUT2D eigenvalue weighted by atomic mass is 10.0. The molecule has 0 spiro atoms. The Kier molecular flexibility index (Phi) is 2.22. The summed E-state index contributed by atoms with van der Waals surface area (Å²) in [5, 5.41) is 10.3. The van der Waals surface area contributed by atoms with E-state index in [-0.39, 0.29) is 17.8 Å². The maximum Gasteiger partial charge on any atom is 0.295 e.